The Kier molecular flexibility index (Phi) is 4.83. The van der Waals surface area contributed by atoms with Crippen LogP contribution in [0.15, 0.2) is 47.8 Å². The van der Waals surface area contributed by atoms with E-state index >= 15 is 0 Å². The van der Waals surface area contributed by atoms with Crippen molar-refractivity contribution in [3.63, 3.8) is 0 Å². The molecule has 4 nitrogen and oxygen atoms in total. The third-order valence-corrected chi connectivity index (χ3v) is 6.25. The van der Waals surface area contributed by atoms with E-state index in [2.05, 4.69) is 51.2 Å². The highest BCUT2D eigenvalue weighted by molar-refractivity contribution is 7.71. The zero-order valence-electron chi connectivity index (χ0n) is 14.3. The van der Waals surface area contributed by atoms with E-state index in [4.69, 9.17) is 17.3 Å². The molecule has 25 heavy (non-hydrogen) atoms. The van der Waals surface area contributed by atoms with Crippen LogP contribution in [0.3, 0.4) is 0 Å². The lowest BCUT2D eigenvalue weighted by Gasteiger charge is -2.23. The van der Waals surface area contributed by atoms with Crippen LogP contribution in [-0.4, -0.2) is 25.8 Å². The maximum absolute atomic E-state index is 5.72. The van der Waals surface area contributed by atoms with Gasteiger partial charge in [0, 0.05) is 17.5 Å². The smallest absolute Gasteiger partial charge is 0.199 e. The standard InChI is InChI=1S/C19H22N4S2/c1-15-20-23(19(24)22(15)13-16-7-3-2-4-8-16)14-21-11-5-9-17(21)18-10-6-12-25-18/h2-4,6-8,10,12,17H,5,9,11,13-14H2,1H3/t17-/m0/s1. The summed E-state index contributed by atoms with van der Waals surface area (Å²) in [6.07, 6.45) is 2.46. The highest BCUT2D eigenvalue weighted by Crippen LogP contribution is 2.34. The van der Waals surface area contributed by atoms with Crippen molar-refractivity contribution in [3.05, 3.63) is 68.9 Å². The van der Waals surface area contributed by atoms with Gasteiger partial charge in [-0.05, 0) is 49.0 Å². The fourth-order valence-corrected chi connectivity index (χ4v) is 4.75. The van der Waals surface area contributed by atoms with Crippen molar-refractivity contribution < 1.29 is 0 Å². The van der Waals surface area contributed by atoms with Gasteiger partial charge in [-0.25, -0.2) is 4.68 Å². The zero-order valence-corrected chi connectivity index (χ0v) is 16.0. The maximum Gasteiger partial charge on any atom is 0.199 e. The van der Waals surface area contributed by atoms with Crippen LogP contribution >= 0.6 is 23.6 Å². The van der Waals surface area contributed by atoms with Gasteiger partial charge in [-0.3, -0.25) is 9.47 Å². The van der Waals surface area contributed by atoms with E-state index in [9.17, 15) is 0 Å². The number of nitrogens with zero attached hydrogens (tertiary/aromatic N) is 4. The molecule has 130 valence electrons. The molecule has 1 aliphatic heterocycles. The van der Waals surface area contributed by atoms with E-state index in [0.717, 1.165) is 30.4 Å². The summed E-state index contributed by atoms with van der Waals surface area (Å²) in [5.41, 5.74) is 1.25. The molecule has 0 unspecified atom stereocenters. The number of rotatable bonds is 5. The molecule has 0 bridgehead atoms. The maximum atomic E-state index is 5.72. The lowest BCUT2D eigenvalue weighted by molar-refractivity contribution is 0.192. The average Bonchev–Trinajstić information content (AvgIpc) is 3.34. The van der Waals surface area contributed by atoms with Crippen LogP contribution in [0.5, 0.6) is 0 Å². The second kappa shape index (κ2) is 7.23. The van der Waals surface area contributed by atoms with Crippen LogP contribution in [0.2, 0.25) is 0 Å². The minimum atomic E-state index is 0.501. The first-order chi connectivity index (χ1) is 12.2. The van der Waals surface area contributed by atoms with Crippen molar-refractivity contribution >= 4 is 23.6 Å². The lowest BCUT2D eigenvalue weighted by Crippen LogP contribution is -2.26. The van der Waals surface area contributed by atoms with Crippen molar-refractivity contribution in [2.75, 3.05) is 6.54 Å². The number of aryl methyl sites for hydroxylation is 1. The molecule has 2 aromatic heterocycles. The van der Waals surface area contributed by atoms with E-state index < -0.39 is 0 Å². The van der Waals surface area contributed by atoms with Gasteiger partial charge in [0.15, 0.2) is 4.77 Å². The minimum Gasteiger partial charge on any atom is -0.300 e. The van der Waals surface area contributed by atoms with E-state index in [1.165, 1.54) is 23.3 Å². The summed E-state index contributed by atoms with van der Waals surface area (Å²) in [5.74, 6) is 0.973. The van der Waals surface area contributed by atoms with E-state index in [-0.39, 0.29) is 0 Å². The Balaban J connectivity index is 1.55. The van der Waals surface area contributed by atoms with Crippen molar-refractivity contribution in [1.82, 2.24) is 19.2 Å². The molecule has 1 aromatic carbocycles. The molecule has 6 heteroatoms. The summed E-state index contributed by atoms with van der Waals surface area (Å²) >= 11 is 7.57. The monoisotopic (exact) mass is 370 g/mol. The third kappa shape index (κ3) is 3.47. The highest BCUT2D eigenvalue weighted by atomic mass is 32.1. The van der Waals surface area contributed by atoms with E-state index in [1.807, 2.05) is 29.0 Å². The average molecular weight is 371 g/mol. The Bertz CT molecular complexity index is 880. The largest absolute Gasteiger partial charge is 0.300 e. The Morgan fingerprint density at radius 1 is 1.20 bits per heavy atom. The molecule has 0 spiro atoms. The lowest BCUT2D eigenvalue weighted by atomic mass is 10.2. The third-order valence-electron chi connectivity index (χ3n) is 4.84. The van der Waals surface area contributed by atoms with Gasteiger partial charge < -0.3 is 0 Å². The first-order valence-electron chi connectivity index (χ1n) is 8.68. The normalized spacial score (nSPS) is 18.0. The summed E-state index contributed by atoms with van der Waals surface area (Å²) in [6.45, 7) is 4.69. The minimum absolute atomic E-state index is 0.501. The number of likely N-dealkylation sites (tertiary alicyclic amines) is 1. The molecule has 3 heterocycles. The van der Waals surface area contributed by atoms with Crippen LogP contribution < -0.4 is 0 Å². The van der Waals surface area contributed by atoms with Crippen LogP contribution in [0.25, 0.3) is 0 Å². The number of aromatic nitrogens is 3. The van der Waals surface area contributed by atoms with Gasteiger partial charge >= 0.3 is 0 Å². The number of hydrogen-bond acceptors (Lipinski definition) is 4. The summed E-state index contributed by atoms with van der Waals surface area (Å²) in [5, 5.41) is 6.89. The van der Waals surface area contributed by atoms with Crippen molar-refractivity contribution in [3.8, 4) is 0 Å². The van der Waals surface area contributed by atoms with E-state index in [1.54, 1.807) is 0 Å². The Labute approximate surface area is 157 Å². The van der Waals surface area contributed by atoms with Gasteiger partial charge in [-0.1, -0.05) is 36.4 Å². The first kappa shape index (κ1) is 16.7. The quantitative estimate of drug-likeness (QED) is 0.613. The molecule has 0 N–H and O–H groups in total. The van der Waals surface area contributed by atoms with Crippen LogP contribution in [-0.2, 0) is 13.2 Å². The molecule has 0 saturated carbocycles. The molecule has 4 rings (SSSR count). The Morgan fingerprint density at radius 2 is 2.04 bits per heavy atom. The highest BCUT2D eigenvalue weighted by Gasteiger charge is 2.27. The molecule has 1 fully saturated rings. The molecule has 1 aliphatic rings. The van der Waals surface area contributed by atoms with Gasteiger partial charge in [-0.2, -0.15) is 5.10 Å². The van der Waals surface area contributed by atoms with Gasteiger partial charge in [0.1, 0.15) is 5.82 Å². The van der Waals surface area contributed by atoms with Crippen LogP contribution in [0, 0.1) is 11.7 Å². The molecular formula is C19H22N4S2. The molecular weight excluding hydrogens is 348 g/mol. The zero-order chi connectivity index (χ0) is 17.2. The molecule has 0 aliphatic carbocycles. The molecule has 1 saturated heterocycles. The Hall–Kier alpha value is -1.76. The van der Waals surface area contributed by atoms with Crippen molar-refractivity contribution in [2.24, 2.45) is 0 Å². The van der Waals surface area contributed by atoms with Crippen LogP contribution in [0.1, 0.15) is 35.1 Å². The number of benzene rings is 1. The summed E-state index contributed by atoms with van der Waals surface area (Å²) in [4.78, 5) is 3.95. The fourth-order valence-electron chi connectivity index (χ4n) is 3.56. The van der Waals surface area contributed by atoms with E-state index in [0.29, 0.717) is 6.04 Å². The van der Waals surface area contributed by atoms with Crippen LogP contribution in [0.4, 0.5) is 0 Å². The molecule has 1 atom stereocenters. The fraction of sp³-hybridized carbons (Fsp3) is 0.368. The van der Waals surface area contributed by atoms with Crippen molar-refractivity contribution in [1.29, 1.82) is 0 Å². The summed E-state index contributed by atoms with van der Waals surface area (Å²) < 4.78 is 4.92. The SMILES string of the molecule is Cc1nn(CN2CCC[C@H]2c2cccs2)c(=S)n1Cc1ccccc1. The number of thiophene rings is 1. The predicted octanol–water partition coefficient (Wildman–Crippen LogP) is 4.63. The van der Waals surface area contributed by atoms with Gasteiger partial charge in [0.05, 0.1) is 13.2 Å². The summed E-state index contributed by atoms with van der Waals surface area (Å²) in [6, 6.07) is 15.3. The Morgan fingerprint density at radius 3 is 2.80 bits per heavy atom. The second-order valence-electron chi connectivity index (χ2n) is 6.53. The predicted molar refractivity (Wildman–Crippen MR) is 104 cm³/mol. The first-order valence-corrected chi connectivity index (χ1v) is 9.97. The summed E-state index contributed by atoms with van der Waals surface area (Å²) in [7, 11) is 0. The van der Waals surface area contributed by atoms with Gasteiger partial charge in [-0.15, -0.1) is 11.3 Å². The molecule has 0 amide bonds. The molecule has 3 aromatic rings. The van der Waals surface area contributed by atoms with Crippen molar-refractivity contribution in [2.45, 2.75) is 39.0 Å². The topological polar surface area (TPSA) is 26.0 Å². The van der Waals surface area contributed by atoms with Gasteiger partial charge in [0.2, 0.25) is 0 Å². The molecule has 0 radical (unpaired) electrons. The second-order valence-corrected chi connectivity index (χ2v) is 7.87. The number of hydrogen-bond donors (Lipinski definition) is 0. The van der Waals surface area contributed by atoms with Gasteiger partial charge in [0.25, 0.3) is 0 Å².